The van der Waals surface area contributed by atoms with E-state index in [9.17, 15) is 26.4 Å². The number of carboxylic acid groups (broad SMARTS) is 1. The topological polar surface area (TPSA) is 158 Å². The van der Waals surface area contributed by atoms with Gasteiger partial charge in [-0.1, -0.05) is 0 Å². The number of nitrogens with two attached hydrogens (primary N) is 1. The standard InChI is InChI=1S/C28H41N7O3S.C2HF3O2/c1-4-39(37,38)35-11-5-20(6-12-35)26-18-30-27-24(26)15-21(16-25(27)28(29)36)22-17-31-34(19-22)14-13-33-9-7-23(8-10-33)32(2)3;3-2(4,5)1(6)7/h15-20,23,30H,4-14H2,1-3H3,(H2,29,36);(H,6,7). The molecule has 16 heteroatoms. The molecule has 12 nitrogen and oxygen atoms in total. The molecule has 254 valence electrons. The first kappa shape index (κ1) is 35.4. The zero-order chi connectivity index (χ0) is 33.8. The van der Waals surface area contributed by atoms with Gasteiger partial charge >= 0.3 is 12.1 Å². The predicted molar refractivity (Wildman–Crippen MR) is 168 cm³/mol. The van der Waals surface area contributed by atoms with E-state index in [1.165, 1.54) is 12.8 Å². The molecule has 0 bridgehead atoms. The largest absolute Gasteiger partial charge is 0.490 e. The van der Waals surface area contributed by atoms with Crippen molar-refractivity contribution in [1.82, 2.24) is 28.9 Å². The molecule has 2 fully saturated rings. The van der Waals surface area contributed by atoms with Gasteiger partial charge in [-0.25, -0.2) is 17.5 Å². The lowest BCUT2D eigenvalue weighted by Gasteiger charge is -2.35. The van der Waals surface area contributed by atoms with Crippen molar-refractivity contribution in [3.8, 4) is 11.1 Å². The van der Waals surface area contributed by atoms with Crippen molar-refractivity contribution in [2.75, 3.05) is 52.6 Å². The molecule has 2 saturated heterocycles. The normalized spacial score (nSPS) is 17.7. The zero-order valence-corrected chi connectivity index (χ0v) is 27.1. The second-order valence-electron chi connectivity index (χ2n) is 12.0. The molecular weight excluding hydrogens is 627 g/mol. The van der Waals surface area contributed by atoms with Crippen molar-refractivity contribution in [3.63, 3.8) is 0 Å². The van der Waals surface area contributed by atoms with Crippen LogP contribution in [0.2, 0.25) is 0 Å². The summed E-state index contributed by atoms with van der Waals surface area (Å²) in [5.74, 6) is -2.91. The Morgan fingerprint density at radius 1 is 1.07 bits per heavy atom. The number of rotatable bonds is 9. The number of benzene rings is 1. The van der Waals surface area contributed by atoms with E-state index in [1.807, 2.05) is 29.3 Å². The minimum Gasteiger partial charge on any atom is -0.475 e. The number of carbonyl (C=O) groups is 2. The number of aliphatic carboxylic acids is 1. The first-order valence-corrected chi connectivity index (χ1v) is 16.9. The van der Waals surface area contributed by atoms with Gasteiger partial charge in [-0.05, 0) is 89.0 Å². The van der Waals surface area contributed by atoms with Gasteiger partial charge in [0.2, 0.25) is 10.0 Å². The smallest absolute Gasteiger partial charge is 0.475 e. The molecule has 0 spiro atoms. The van der Waals surface area contributed by atoms with Crippen LogP contribution >= 0.6 is 0 Å². The van der Waals surface area contributed by atoms with Crippen LogP contribution in [0.15, 0.2) is 30.7 Å². The number of primary amides is 1. The number of amides is 1. The number of nitrogens with zero attached hydrogens (tertiary/aromatic N) is 5. The number of fused-ring (bicyclic) bond motifs is 1. The van der Waals surface area contributed by atoms with Crippen molar-refractivity contribution in [2.24, 2.45) is 5.73 Å². The third-order valence-electron chi connectivity index (χ3n) is 8.88. The molecular formula is C30H42F3N7O5S. The van der Waals surface area contributed by atoms with E-state index in [4.69, 9.17) is 15.6 Å². The predicted octanol–water partition coefficient (Wildman–Crippen LogP) is 3.32. The van der Waals surface area contributed by atoms with Crippen LogP contribution in [0.5, 0.6) is 0 Å². The number of likely N-dealkylation sites (tertiary alicyclic amines) is 1. The van der Waals surface area contributed by atoms with Crippen molar-refractivity contribution < 1.29 is 36.3 Å². The Morgan fingerprint density at radius 3 is 2.24 bits per heavy atom. The van der Waals surface area contributed by atoms with Crippen LogP contribution < -0.4 is 5.73 Å². The average molecular weight is 670 g/mol. The Kier molecular flexibility index (Phi) is 11.2. The van der Waals surface area contributed by atoms with Gasteiger partial charge in [0, 0.05) is 49.0 Å². The number of halogens is 3. The number of aromatic nitrogens is 3. The number of sulfonamides is 1. The number of carboxylic acids is 1. The highest BCUT2D eigenvalue weighted by Gasteiger charge is 2.38. The van der Waals surface area contributed by atoms with Crippen LogP contribution in [-0.2, 0) is 21.4 Å². The molecule has 0 saturated carbocycles. The zero-order valence-electron chi connectivity index (χ0n) is 26.3. The Bertz CT molecular complexity index is 1620. The molecule has 4 N–H and O–H groups in total. The molecule has 0 radical (unpaired) electrons. The van der Waals surface area contributed by atoms with Gasteiger partial charge in [0.05, 0.1) is 29.6 Å². The third-order valence-corrected chi connectivity index (χ3v) is 10.8. The number of hydrogen-bond donors (Lipinski definition) is 3. The summed E-state index contributed by atoms with van der Waals surface area (Å²) in [6, 6.07) is 4.62. The highest BCUT2D eigenvalue weighted by Crippen LogP contribution is 2.37. The average Bonchev–Trinajstić information content (AvgIpc) is 3.67. The molecule has 2 aromatic heterocycles. The van der Waals surface area contributed by atoms with Gasteiger partial charge in [-0.2, -0.15) is 18.3 Å². The van der Waals surface area contributed by atoms with Gasteiger partial charge in [-0.3, -0.25) is 9.48 Å². The number of aromatic amines is 1. The number of piperidine rings is 2. The van der Waals surface area contributed by atoms with E-state index in [0.717, 1.165) is 66.6 Å². The molecule has 3 aromatic rings. The van der Waals surface area contributed by atoms with Crippen molar-refractivity contribution in [3.05, 3.63) is 41.9 Å². The van der Waals surface area contributed by atoms with Gasteiger partial charge in [-0.15, -0.1) is 0 Å². The molecule has 2 aliphatic rings. The minimum absolute atomic E-state index is 0.124. The van der Waals surface area contributed by atoms with Gasteiger partial charge in [0.15, 0.2) is 0 Å². The van der Waals surface area contributed by atoms with Gasteiger partial charge in [0.1, 0.15) is 0 Å². The minimum atomic E-state index is -5.08. The summed E-state index contributed by atoms with van der Waals surface area (Å²) < 4.78 is 59.9. The van der Waals surface area contributed by atoms with Crippen molar-refractivity contribution in [2.45, 2.75) is 57.3 Å². The summed E-state index contributed by atoms with van der Waals surface area (Å²) in [6.45, 7) is 6.69. The lowest BCUT2D eigenvalue weighted by Crippen LogP contribution is -2.42. The van der Waals surface area contributed by atoms with Gasteiger partial charge < -0.3 is 25.6 Å². The summed E-state index contributed by atoms with van der Waals surface area (Å²) in [6.07, 6.45) is 4.64. The summed E-state index contributed by atoms with van der Waals surface area (Å²) in [7, 11) is 1.13. The van der Waals surface area contributed by atoms with E-state index in [-0.39, 0.29) is 11.7 Å². The van der Waals surface area contributed by atoms with Crippen LogP contribution in [0, 0.1) is 0 Å². The fourth-order valence-electron chi connectivity index (χ4n) is 6.12. The Morgan fingerprint density at radius 2 is 1.70 bits per heavy atom. The van der Waals surface area contributed by atoms with Crippen LogP contribution in [0.3, 0.4) is 0 Å². The van der Waals surface area contributed by atoms with E-state index in [2.05, 4.69) is 40.0 Å². The molecule has 0 unspecified atom stereocenters. The lowest BCUT2D eigenvalue weighted by atomic mass is 9.88. The van der Waals surface area contributed by atoms with Gasteiger partial charge in [0.25, 0.3) is 5.91 Å². The number of hydrogen-bond acceptors (Lipinski definition) is 7. The second kappa shape index (κ2) is 14.5. The fourth-order valence-corrected chi connectivity index (χ4v) is 7.25. The maximum atomic E-state index is 12.4. The Hall–Kier alpha value is -3.47. The SMILES string of the molecule is CCS(=O)(=O)N1CCC(c2c[nH]c3c(C(N)=O)cc(-c4cnn(CCN5CCC(N(C)C)CC5)c4)cc23)CC1.O=C(O)C(F)(F)F. The van der Waals surface area contributed by atoms with Crippen LogP contribution in [-0.4, -0.2) is 119 Å². The molecule has 0 atom stereocenters. The van der Waals surface area contributed by atoms with E-state index < -0.39 is 28.1 Å². The van der Waals surface area contributed by atoms with E-state index in [1.54, 1.807) is 11.2 Å². The fraction of sp³-hybridized carbons (Fsp3) is 0.567. The molecule has 4 heterocycles. The first-order chi connectivity index (χ1) is 21.6. The summed E-state index contributed by atoms with van der Waals surface area (Å²) in [4.78, 5) is 29.4. The quantitative estimate of drug-likeness (QED) is 0.313. The molecule has 2 aliphatic heterocycles. The molecule has 0 aliphatic carbocycles. The summed E-state index contributed by atoms with van der Waals surface area (Å²) >= 11 is 0. The Labute approximate surface area is 266 Å². The number of carbonyl (C=O) groups excluding carboxylic acids is 1. The highest BCUT2D eigenvalue weighted by atomic mass is 32.2. The van der Waals surface area contributed by atoms with E-state index in [0.29, 0.717) is 24.7 Å². The number of H-pyrrole nitrogens is 1. The number of nitrogens with one attached hydrogen (secondary N) is 1. The summed E-state index contributed by atoms with van der Waals surface area (Å²) in [5.41, 5.74) is 9.95. The molecule has 46 heavy (non-hydrogen) atoms. The van der Waals surface area contributed by atoms with Crippen molar-refractivity contribution in [1.29, 1.82) is 0 Å². The summed E-state index contributed by atoms with van der Waals surface area (Å²) in [5, 5.41) is 12.7. The Balaban J connectivity index is 0.000000617. The first-order valence-electron chi connectivity index (χ1n) is 15.2. The maximum absolute atomic E-state index is 12.4. The number of alkyl halides is 3. The molecule has 5 rings (SSSR count). The molecule has 1 aromatic carbocycles. The maximum Gasteiger partial charge on any atom is 0.490 e. The van der Waals surface area contributed by atoms with Crippen molar-refractivity contribution >= 4 is 32.8 Å². The van der Waals surface area contributed by atoms with Crippen LogP contribution in [0.4, 0.5) is 13.2 Å². The van der Waals surface area contributed by atoms with Crippen LogP contribution in [0.25, 0.3) is 22.0 Å². The molecule has 1 amide bonds. The second-order valence-corrected chi connectivity index (χ2v) is 14.2. The monoisotopic (exact) mass is 669 g/mol. The third kappa shape index (κ3) is 8.46. The highest BCUT2D eigenvalue weighted by molar-refractivity contribution is 7.89. The van der Waals surface area contributed by atoms with E-state index >= 15 is 0 Å². The van der Waals surface area contributed by atoms with Crippen LogP contribution in [0.1, 0.15) is 54.4 Å². The lowest BCUT2D eigenvalue weighted by molar-refractivity contribution is -0.192.